The summed E-state index contributed by atoms with van der Waals surface area (Å²) in [5.41, 5.74) is 4.21. The van der Waals surface area contributed by atoms with Gasteiger partial charge in [-0.2, -0.15) is 0 Å². The van der Waals surface area contributed by atoms with Crippen molar-refractivity contribution in [2.24, 2.45) is 0 Å². The minimum atomic E-state index is -0.206. The Morgan fingerprint density at radius 3 is 2.53 bits per heavy atom. The highest BCUT2D eigenvalue weighted by atomic mass is 16.5. The van der Waals surface area contributed by atoms with E-state index in [1.165, 1.54) is 18.4 Å². The van der Waals surface area contributed by atoms with Gasteiger partial charge in [0, 0.05) is 30.5 Å². The SMILES string of the molecule is CCNC(=O)Nc1cccc(C(Cc2ccncc2)c2ccc(OC)c(OC3CCCC3)c2)c1. The van der Waals surface area contributed by atoms with Gasteiger partial charge in [-0.1, -0.05) is 18.2 Å². The Balaban J connectivity index is 1.68. The molecular formula is C28H33N3O3. The van der Waals surface area contributed by atoms with E-state index in [4.69, 9.17) is 9.47 Å². The summed E-state index contributed by atoms with van der Waals surface area (Å²) >= 11 is 0. The smallest absolute Gasteiger partial charge is 0.319 e. The Morgan fingerprint density at radius 1 is 1.03 bits per heavy atom. The van der Waals surface area contributed by atoms with E-state index in [0.717, 1.165) is 47.6 Å². The molecule has 1 fully saturated rings. The van der Waals surface area contributed by atoms with Crippen LogP contribution in [0.4, 0.5) is 10.5 Å². The number of amides is 2. The van der Waals surface area contributed by atoms with Crippen LogP contribution in [0.5, 0.6) is 11.5 Å². The maximum atomic E-state index is 12.1. The van der Waals surface area contributed by atoms with Gasteiger partial charge in [-0.05, 0) is 92.1 Å². The van der Waals surface area contributed by atoms with Crippen molar-refractivity contribution in [1.29, 1.82) is 0 Å². The lowest BCUT2D eigenvalue weighted by Gasteiger charge is -2.22. The molecule has 1 saturated carbocycles. The third kappa shape index (κ3) is 6.07. The molecule has 6 nitrogen and oxygen atoms in total. The minimum Gasteiger partial charge on any atom is -0.493 e. The molecule has 3 aromatic rings. The molecule has 2 aromatic carbocycles. The van der Waals surface area contributed by atoms with Crippen molar-refractivity contribution in [1.82, 2.24) is 10.3 Å². The number of carbonyl (C=O) groups is 1. The number of rotatable bonds is 9. The molecule has 0 radical (unpaired) electrons. The highest BCUT2D eigenvalue weighted by Crippen LogP contribution is 2.37. The Hall–Kier alpha value is -3.54. The lowest BCUT2D eigenvalue weighted by Crippen LogP contribution is -2.28. The molecule has 1 aliphatic rings. The second-order valence-corrected chi connectivity index (χ2v) is 8.66. The minimum absolute atomic E-state index is 0.0650. The summed E-state index contributed by atoms with van der Waals surface area (Å²) in [6.45, 7) is 2.47. The van der Waals surface area contributed by atoms with Gasteiger partial charge < -0.3 is 20.1 Å². The van der Waals surface area contributed by atoms with Crippen LogP contribution in [0.25, 0.3) is 0 Å². The zero-order valence-electron chi connectivity index (χ0n) is 19.9. The molecular weight excluding hydrogens is 426 g/mol. The van der Waals surface area contributed by atoms with Crippen molar-refractivity contribution >= 4 is 11.7 Å². The largest absolute Gasteiger partial charge is 0.493 e. The molecule has 0 bridgehead atoms. The summed E-state index contributed by atoms with van der Waals surface area (Å²) in [6, 6.07) is 18.1. The number of benzene rings is 2. The molecule has 0 spiro atoms. The first-order valence-electron chi connectivity index (χ1n) is 12.0. The van der Waals surface area contributed by atoms with Gasteiger partial charge in [0.1, 0.15) is 0 Å². The fourth-order valence-corrected chi connectivity index (χ4v) is 4.54. The van der Waals surface area contributed by atoms with Gasteiger partial charge in [-0.3, -0.25) is 4.98 Å². The number of carbonyl (C=O) groups excluding carboxylic acids is 1. The van der Waals surface area contributed by atoms with Gasteiger partial charge in [0.05, 0.1) is 13.2 Å². The number of nitrogens with one attached hydrogen (secondary N) is 2. The summed E-state index contributed by atoms with van der Waals surface area (Å²) in [4.78, 5) is 16.2. The summed E-state index contributed by atoms with van der Waals surface area (Å²) in [5, 5.41) is 5.71. The van der Waals surface area contributed by atoms with Crippen LogP contribution < -0.4 is 20.1 Å². The van der Waals surface area contributed by atoms with E-state index in [2.05, 4.69) is 33.8 Å². The summed E-state index contributed by atoms with van der Waals surface area (Å²) in [5.74, 6) is 1.61. The molecule has 178 valence electrons. The van der Waals surface area contributed by atoms with Crippen LogP contribution in [0, 0.1) is 0 Å². The predicted octanol–water partition coefficient (Wildman–Crippen LogP) is 5.93. The molecule has 1 heterocycles. The van der Waals surface area contributed by atoms with Crippen molar-refractivity contribution in [3.05, 3.63) is 83.7 Å². The summed E-state index contributed by atoms with van der Waals surface area (Å²) < 4.78 is 12.0. The number of pyridine rings is 1. The third-order valence-corrected chi connectivity index (χ3v) is 6.26. The number of urea groups is 1. The van der Waals surface area contributed by atoms with E-state index < -0.39 is 0 Å². The van der Waals surface area contributed by atoms with E-state index >= 15 is 0 Å². The van der Waals surface area contributed by atoms with E-state index in [-0.39, 0.29) is 18.1 Å². The molecule has 4 rings (SSSR count). The summed E-state index contributed by atoms with van der Waals surface area (Å²) in [6.07, 6.45) is 9.27. The van der Waals surface area contributed by atoms with Gasteiger partial charge in [0.25, 0.3) is 0 Å². The predicted molar refractivity (Wildman–Crippen MR) is 135 cm³/mol. The van der Waals surface area contributed by atoms with Crippen LogP contribution >= 0.6 is 0 Å². The quantitative estimate of drug-likeness (QED) is 0.416. The van der Waals surface area contributed by atoms with E-state index in [1.807, 2.05) is 55.7 Å². The Labute approximate surface area is 201 Å². The van der Waals surface area contributed by atoms with Gasteiger partial charge in [-0.25, -0.2) is 4.79 Å². The van der Waals surface area contributed by atoms with Crippen molar-refractivity contribution in [2.45, 2.75) is 51.0 Å². The topological polar surface area (TPSA) is 72.5 Å². The monoisotopic (exact) mass is 459 g/mol. The zero-order chi connectivity index (χ0) is 23.8. The van der Waals surface area contributed by atoms with Gasteiger partial charge in [-0.15, -0.1) is 0 Å². The highest BCUT2D eigenvalue weighted by molar-refractivity contribution is 5.89. The van der Waals surface area contributed by atoms with Crippen molar-refractivity contribution in [3.8, 4) is 11.5 Å². The number of hydrogen-bond donors (Lipinski definition) is 2. The number of aromatic nitrogens is 1. The molecule has 34 heavy (non-hydrogen) atoms. The zero-order valence-corrected chi connectivity index (χ0v) is 19.9. The molecule has 1 aromatic heterocycles. The second-order valence-electron chi connectivity index (χ2n) is 8.66. The lowest BCUT2D eigenvalue weighted by atomic mass is 9.85. The molecule has 0 aliphatic heterocycles. The molecule has 1 atom stereocenters. The number of ether oxygens (including phenoxy) is 2. The number of anilines is 1. The standard InChI is InChI=1S/C28H33N3O3/c1-3-30-28(32)31-23-8-6-7-21(18-23)25(17-20-13-15-29-16-14-20)22-11-12-26(33-2)27(19-22)34-24-9-4-5-10-24/h6-8,11-16,18-19,24-25H,3-5,9-10,17H2,1-2H3,(H2,30,31,32). The molecule has 1 unspecified atom stereocenters. The Bertz CT molecular complexity index is 1080. The lowest BCUT2D eigenvalue weighted by molar-refractivity contribution is 0.200. The fraction of sp³-hybridized carbons (Fsp3) is 0.357. The maximum Gasteiger partial charge on any atom is 0.319 e. The highest BCUT2D eigenvalue weighted by Gasteiger charge is 2.22. The van der Waals surface area contributed by atoms with Gasteiger partial charge in [0.15, 0.2) is 11.5 Å². The van der Waals surface area contributed by atoms with Crippen LogP contribution in [0.3, 0.4) is 0 Å². The molecule has 6 heteroatoms. The van der Waals surface area contributed by atoms with Crippen LogP contribution in [0.1, 0.15) is 55.2 Å². The second kappa shape index (κ2) is 11.5. The summed E-state index contributed by atoms with van der Waals surface area (Å²) in [7, 11) is 1.68. The Kier molecular flexibility index (Phi) is 8.02. The first-order valence-corrected chi connectivity index (χ1v) is 12.0. The van der Waals surface area contributed by atoms with Crippen LogP contribution in [0.2, 0.25) is 0 Å². The third-order valence-electron chi connectivity index (χ3n) is 6.26. The Morgan fingerprint density at radius 2 is 1.79 bits per heavy atom. The number of methoxy groups -OCH3 is 1. The average Bonchev–Trinajstić information content (AvgIpc) is 3.36. The van der Waals surface area contributed by atoms with Crippen molar-refractivity contribution < 1.29 is 14.3 Å². The molecule has 2 amide bonds. The van der Waals surface area contributed by atoms with Crippen molar-refractivity contribution in [3.63, 3.8) is 0 Å². The maximum absolute atomic E-state index is 12.1. The van der Waals surface area contributed by atoms with E-state index in [1.54, 1.807) is 7.11 Å². The number of hydrogen-bond acceptors (Lipinski definition) is 4. The molecule has 2 N–H and O–H groups in total. The van der Waals surface area contributed by atoms with Gasteiger partial charge >= 0.3 is 6.03 Å². The van der Waals surface area contributed by atoms with Crippen LogP contribution in [-0.4, -0.2) is 30.8 Å². The van der Waals surface area contributed by atoms with Crippen molar-refractivity contribution in [2.75, 3.05) is 19.0 Å². The molecule has 0 saturated heterocycles. The first-order chi connectivity index (χ1) is 16.7. The van der Waals surface area contributed by atoms with Gasteiger partial charge in [0.2, 0.25) is 0 Å². The van der Waals surface area contributed by atoms with E-state index in [0.29, 0.717) is 6.54 Å². The molecule has 1 aliphatic carbocycles. The number of nitrogens with zero attached hydrogens (tertiary/aromatic N) is 1. The fourth-order valence-electron chi connectivity index (χ4n) is 4.54. The average molecular weight is 460 g/mol. The first kappa shape index (κ1) is 23.6. The van der Waals surface area contributed by atoms with E-state index in [9.17, 15) is 4.79 Å². The van der Waals surface area contributed by atoms with Crippen LogP contribution in [-0.2, 0) is 6.42 Å². The van der Waals surface area contributed by atoms with Crippen LogP contribution in [0.15, 0.2) is 67.0 Å². The normalized spacial score (nSPS) is 14.4.